The van der Waals surface area contributed by atoms with Crippen LogP contribution in [0.5, 0.6) is 0 Å². The van der Waals surface area contributed by atoms with E-state index in [4.69, 9.17) is 11.6 Å². The Hall–Kier alpha value is -1.55. The fourth-order valence-electron chi connectivity index (χ4n) is 4.38. The Bertz CT molecular complexity index is 635. The zero-order valence-corrected chi connectivity index (χ0v) is 17.6. The second-order valence-electron chi connectivity index (χ2n) is 8.35. The van der Waals surface area contributed by atoms with Crippen molar-refractivity contribution in [3.05, 3.63) is 29.3 Å². The summed E-state index contributed by atoms with van der Waals surface area (Å²) in [6.45, 7) is 0.457. The van der Waals surface area contributed by atoms with Crippen molar-refractivity contribution >= 4 is 29.1 Å². The van der Waals surface area contributed by atoms with Gasteiger partial charge in [0.2, 0.25) is 11.8 Å². The van der Waals surface area contributed by atoms with Crippen molar-refractivity contribution < 1.29 is 9.59 Å². The van der Waals surface area contributed by atoms with Crippen molar-refractivity contribution in [2.75, 3.05) is 11.4 Å². The summed E-state index contributed by atoms with van der Waals surface area (Å²) in [6.07, 6.45) is 14.0. The maximum atomic E-state index is 12.9. The lowest BCUT2D eigenvalue weighted by atomic mass is 9.97. The normalized spacial score (nSPS) is 23.1. The topological polar surface area (TPSA) is 49.4 Å². The fourth-order valence-corrected chi connectivity index (χ4v) is 4.51. The Kier molecular flexibility index (Phi) is 8.20. The van der Waals surface area contributed by atoms with Gasteiger partial charge in [-0.1, -0.05) is 69.4 Å². The summed E-state index contributed by atoms with van der Waals surface area (Å²) in [5.74, 6) is -0.201. The van der Waals surface area contributed by atoms with Gasteiger partial charge in [-0.05, 0) is 37.1 Å². The van der Waals surface area contributed by atoms with E-state index in [1.165, 1.54) is 57.8 Å². The molecular formula is C23H33ClN2O2. The highest BCUT2D eigenvalue weighted by Crippen LogP contribution is 2.27. The smallest absolute Gasteiger partial charge is 0.227 e. The first kappa shape index (κ1) is 21.2. The Labute approximate surface area is 174 Å². The van der Waals surface area contributed by atoms with Gasteiger partial charge in [0.15, 0.2) is 0 Å². The van der Waals surface area contributed by atoms with Gasteiger partial charge in [0.1, 0.15) is 0 Å². The third kappa shape index (κ3) is 6.23. The molecule has 0 spiro atoms. The van der Waals surface area contributed by atoms with Crippen molar-refractivity contribution in [1.29, 1.82) is 0 Å². The number of anilines is 1. The minimum absolute atomic E-state index is 0.0150. The Morgan fingerprint density at radius 2 is 1.43 bits per heavy atom. The molecule has 1 saturated heterocycles. The van der Waals surface area contributed by atoms with Crippen LogP contribution in [0.3, 0.4) is 0 Å². The van der Waals surface area contributed by atoms with Crippen molar-refractivity contribution in [2.45, 2.75) is 83.1 Å². The number of nitrogens with zero attached hydrogens (tertiary/aromatic N) is 1. The highest BCUT2D eigenvalue weighted by atomic mass is 35.5. The van der Waals surface area contributed by atoms with Crippen LogP contribution in [0.25, 0.3) is 0 Å². The van der Waals surface area contributed by atoms with Crippen molar-refractivity contribution in [3.63, 3.8) is 0 Å². The molecule has 0 aromatic heterocycles. The molecule has 1 aromatic rings. The summed E-state index contributed by atoms with van der Waals surface area (Å²) in [5, 5.41) is 3.92. The lowest BCUT2D eigenvalue weighted by Crippen LogP contribution is -2.40. The molecule has 0 radical (unpaired) electrons. The van der Waals surface area contributed by atoms with E-state index < -0.39 is 0 Å². The van der Waals surface area contributed by atoms with E-state index in [9.17, 15) is 9.59 Å². The molecule has 154 valence electrons. The van der Waals surface area contributed by atoms with Crippen LogP contribution in [0.2, 0.25) is 5.02 Å². The molecule has 2 fully saturated rings. The van der Waals surface area contributed by atoms with E-state index >= 15 is 0 Å². The molecule has 3 rings (SSSR count). The third-order valence-electron chi connectivity index (χ3n) is 6.09. The summed E-state index contributed by atoms with van der Waals surface area (Å²) in [6, 6.07) is 7.50. The number of nitrogens with one attached hydrogen (secondary N) is 1. The van der Waals surface area contributed by atoms with Gasteiger partial charge >= 0.3 is 0 Å². The maximum Gasteiger partial charge on any atom is 0.227 e. The summed E-state index contributed by atoms with van der Waals surface area (Å²) >= 11 is 5.94. The van der Waals surface area contributed by atoms with Gasteiger partial charge in [-0.2, -0.15) is 0 Å². The predicted octanol–water partition coefficient (Wildman–Crippen LogP) is 5.48. The molecule has 1 atom stereocenters. The lowest BCUT2D eigenvalue weighted by molar-refractivity contribution is -0.127. The third-order valence-corrected chi connectivity index (χ3v) is 6.34. The average molecular weight is 405 g/mol. The molecule has 1 unspecified atom stereocenters. The van der Waals surface area contributed by atoms with Gasteiger partial charge in [0.05, 0.1) is 5.92 Å². The van der Waals surface area contributed by atoms with Gasteiger partial charge in [-0.25, -0.2) is 0 Å². The summed E-state index contributed by atoms with van der Waals surface area (Å²) in [5.41, 5.74) is 0.815. The molecule has 28 heavy (non-hydrogen) atoms. The molecule has 1 aliphatic heterocycles. The van der Waals surface area contributed by atoms with Crippen LogP contribution in [0.15, 0.2) is 24.3 Å². The number of benzene rings is 1. The maximum absolute atomic E-state index is 12.9. The molecule has 1 saturated carbocycles. The van der Waals surface area contributed by atoms with E-state index in [0.717, 1.165) is 18.5 Å². The highest BCUT2D eigenvalue weighted by molar-refractivity contribution is 6.30. The van der Waals surface area contributed by atoms with Gasteiger partial charge in [0.25, 0.3) is 0 Å². The molecular weight excluding hydrogens is 372 g/mol. The van der Waals surface area contributed by atoms with Crippen LogP contribution in [0.1, 0.15) is 77.0 Å². The lowest BCUT2D eigenvalue weighted by Gasteiger charge is -2.22. The van der Waals surface area contributed by atoms with Crippen LogP contribution >= 0.6 is 11.6 Å². The molecule has 1 N–H and O–H groups in total. The summed E-state index contributed by atoms with van der Waals surface area (Å²) in [7, 11) is 0. The SMILES string of the molecule is O=C(NC1CCCCCCCCCCC1)C1CC(=O)N(c2ccc(Cl)cc2)C1. The van der Waals surface area contributed by atoms with Gasteiger partial charge in [-0.3, -0.25) is 9.59 Å². The Morgan fingerprint density at radius 1 is 0.893 bits per heavy atom. The summed E-state index contributed by atoms with van der Waals surface area (Å²) in [4.78, 5) is 27.0. The van der Waals surface area contributed by atoms with E-state index in [0.29, 0.717) is 18.0 Å². The van der Waals surface area contributed by atoms with Crippen LogP contribution in [-0.4, -0.2) is 24.4 Å². The number of amides is 2. The first-order valence-corrected chi connectivity index (χ1v) is 11.4. The molecule has 1 heterocycles. The number of rotatable bonds is 3. The second-order valence-corrected chi connectivity index (χ2v) is 8.78. The first-order chi connectivity index (χ1) is 13.6. The monoisotopic (exact) mass is 404 g/mol. The van der Waals surface area contributed by atoms with Gasteiger partial charge in [-0.15, -0.1) is 0 Å². The predicted molar refractivity (Wildman–Crippen MR) is 115 cm³/mol. The van der Waals surface area contributed by atoms with Crippen LogP contribution in [-0.2, 0) is 9.59 Å². The summed E-state index contributed by atoms with van der Waals surface area (Å²) < 4.78 is 0. The highest BCUT2D eigenvalue weighted by Gasteiger charge is 2.35. The van der Waals surface area contributed by atoms with Crippen LogP contribution in [0, 0.1) is 5.92 Å². The zero-order valence-electron chi connectivity index (χ0n) is 16.8. The number of carbonyl (C=O) groups excluding carboxylic acids is 2. The molecule has 0 bridgehead atoms. The standard InChI is InChI=1S/C23H33ClN2O2/c24-19-12-14-21(15-13-19)26-17-18(16-22(26)27)23(28)25-20-10-8-6-4-2-1-3-5-7-9-11-20/h12-15,18,20H,1-11,16-17H2,(H,25,28). The zero-order chi connectivity index (χ0) is 19.8. The Morgan fingerprint density at radius 3 is 2.00 bits per heavy atom. The largest absolute Gasteiger partial charge is 0.353 e. The van der Waals surface area contributed by atoms with Crippen molar-refractivity contribution in [1.82, 2.24) is 5.32 Å². The molecule has 1 aliphatic carbocycles. The second kappa shape index (κ2) is 10.8. The molecule has 5 heteroatoms. The van der Waals surface area contributed by atoms with Crippen LogP contribution in [0.4, 0.5) is 5.69 Å². The minimum atomic E-state index is -0.260. The Balaban J connectivity index is 1.53. The molecule has 2 aliphatic rings. The molecule has 4 nitrogen and oxygen atoms in total. The number of hydrogen-bond donors (Lipinski definition) is 1. The first-order valence-electron chi connectivity index (χ1n) is 11.0. The quantitative estimate of drug-likeness (QED) is 0.724. The molecule has 2 amide bonds. The van der Waals surface area contributed by atoms with E-state index in [1.54, 1.807) is 17.0 Å². The average Bonchev–Trinajstić information content (AvgIpc) is 3.06. The van der Waals surface area contributed by atoms with Crippen molar-refractivity contribution in [2.24, 2.45) is 5.92 Å². The fraction of sp³-hybridized carbons (Fsp3) is 0.652. The van der Waals surface area contributed by atoms with Crippen LogP contribution < -0.4 is 10.2 Å². The molecule has 1 aromatic carbocycles. The van der Waals surface area contributed by atoms with Gasteiger partial charge < -0.3 is 10.2 Å². The number of carbonyl (C=O) groups is 2. The number of hydrogen-bond acceptors (Lipinski definition) is 2. The number of halogens is 1. The minimum Gasteiger partial charge on any atom is -0.353 e. The van der Waals surface area contributed by atoms with E-state index in [1.807, 2.05) is 12.1 Å². The van der Waals surface area contributed by atoms with Gasteiger partial charge in [0, 0.05) is 29.7 Å². The van der Waals surface area contributed by atoms with Crippen molar-refractivity contribution in [3.8, 4) is 0 Å². The van der Waals surface area contributed by atoms with E-state index in [-0.39, 0.29) is 23.8 Å². The van der Waals surface area contributed by atoms with E-state index in [2.05, 4.69) is 5.32 Å².